The second kappa shape index (κ2) is 62.9. The van der Waals surface area contributed by atoms with Crippen molar-refractivity contribution in [3.63, 3.8) is 0 Å². The van der Waals surface area contributed by atoms with Gasteiger partial charge in [-0.3, -0.25) is 52.7 Å². The molecule has 4 atom stereocenters. The van der Waals surface area contributed by atoms with Crippen LogP contribution >= 0.6 is 0 Å². The molecule has 0 heterocycles. The normalized spacial score (nSPS) is 12.4. The first-order chi connectivity index (χ1) is 52.4. The third kappa shape index (κ3) is 55.3. The Bertz CT molecular complexity index is 2940. The number of Topliss-reactive ketones (excluding diaryl/α,β-unsaturated/α-hetero) is 5. The van der Waals surface area contributed by atoms with Gasteiger partial charge in [-0.25, -0.2) is 9.59 Å². The number of aryl methyl sites for hydroxylation is 2. The van der Waals surface area contributed by atoms with Crippen LogP contribution in [0, 0.1) is 11.8 Å². The van der Waals surface area contributed by atoms with Crippen molar-refractivity contribution in [3.8, 4) is 0 Å². The summed E-state index contributed by atoms with van der Waals surface area (Å²) < 4.78 is 43.4. The van der Waals surface area contributed by atoms with Crippen molar-refractivity contribution in [1.29, 1.82) is 0 Å². The van der Waals surface area contributed by atoms with Crippen LogP contribution < -0.4 is 37.6 Å². The summed E-state index contributed by atoms with van der Waals surface area (Å²) in [5.41, 5.74) is 7.39. The summed E-state index contributed by atoms with van der Waals surface area (Å²) in [6, 6.07) is 17.8. The van der Waals surface area contributed by atoms with E-state index in [0.717, 1.165) is 38.5 Å². The number of hydrogen-bond acceptors (Lipinski definition) is 22. The fraction of sp³-hybridized carbons (Fsp3) is 0.684. The number of carbonyl (C=O) groups is 13. The van der Waals surface area contributed by atoms with Crippen LogP contribution in [0.4, 0.5) is 0 Å². The Labute approximate surface area is 642 Å². The second-order valence-corrected chi connectivity index (χ2v) is 27.4. The van der Waals surface area contributed by atoms with E-state index in [0.29, 0.717) is 83.9 Å². The van der Waals surface area contributed by atoms with E-state index >= 15 is 0 Å². The Balaban J connectivity index is 1.44. The molecule has 30 heteroatoms. The van der Waals surface area contributed by atoms with Crippen molar-refractivity contribution in [2.45, 2.75) is 205 Å². The number of nitrogens with two attached hydrogens (primary N) is 1. The van der Waals surface area contributed by atoms with Crippen LogP contribution in [0.25, 0.3) is 0 Å². The quantitative estimate of drug-likeness (QED) is 0.0374. The standard InChI is InChI=1S/C79H125N7O23/c1-60(87)63(28-16-18-38-81-75(96)58-109-53-49-105-45-41-84-76(97)59-108-52-46-102-42-20-30-65(88)34-35-67(77(98)99)85-72(93)32-14-6-12-26-61-22-8-4-9-23-61)54-69(90)64(55-70(91)79(2,3)80)29-17-19-39-82-74(95)57-107-51-47-103-43-21-31-66(89)56-106-50-48-104-44-40-83-71(92)37-36-68(78(100)101)86-73(94)33-15-7-13-27-62-24-10-5-11-25-62/h4-5,8-11,22-25,63-64,67-68H,6-7,12-21,26-59,80H2,1-3H3,(H,81,96)(H,82,95)(H,83,92)(H,84,97)(H,85,93)(H,86,94)(H,98,99)(H,100,101)/t63-,64-,67+,68+/m1/s1. The Hall–Kier alpha value is -7.81. The van der Waals surface area contributed by atoms with Crippen molar-refractivity contribution in [3.05, 3.63) is 71.8 Å². The lowest BCUT2D eigenvalue weighted by Crippen LogP contribution is -2.43. The Morgan fingerprint density at radius 2 is 0.761 bits per heavy atom. The lowest BCUT2D eigenvalue weighted by atomic mass is 9.82. The molecule has 0 aliphatic heterocycles. The smallest absolute Gasteiger partial charge is 0.326 e. The molecule has 0 aromatic heterocycles. The van der Waals surface area contributed by atoms with Crippen LogP contribution in [0.1, 0.15) is 186 Å². The monoisotopic (exact) mass is 1540 g/mol. The average molecular weight is 1540 g/mol. The van der Waals surface area contributed by atoms with E-state index in [1.54, 1.807) is 13.8 Å². The largest absolute Gasteiger partial charge is 0.480 e. The predicted octanol–water partition coefficient (Wildman–Crippen LogP) is 5.41. The van der Waals surface area contributed by atoms with Gasteiger partial charge < -0.3 is 85.7 Å². The highest BCUT2D eigenvalue weighted by molar-refractivity contribution is 5.94. The molecule has 0 saturated heterocycles. The number of aliphatic carboxylic acids is 2. The molecule has 0 fully saturated rings. The molecule has 0 radical (unpaired) electrons. The number of rotatable bonds is 73. The number of carboxylic acid groups (broad SMARTS) is 2. The van der Waals surface area contributed by atoms with Gasteiger partial charge in [0, 0.05) is 103 Å². The molecule has 10 N–H and O–H groups in total. The third-order valence-corrected chi connectivity index (χ3v) is 17.4. The van der Waals surface area contributed by atoms with Gasteiger partial charge in [-0.05, 0) is 122 Å². The van der Waals surface area contributed by atoms with E-state index in [1.807, 2.05) is 36.4 Å². The van der Waals surface area contributed by atoms with Gasteiger partial charge in [-0.1, -0.05) is 86.3 Å². The van der Waals surface area contributed by atoms with Crippen LogP contribution in [-0.2, 0) is 113 Å². The number of amides is 6. The topological polar surface area (TPSA) is 434 Å². The van der Waals surface area contributed by atoms with Gasteiger partial charge in [0.05, 0.1) is 71.6 Å². The maximum Gasteiger partial charge on any atom is 0.326 e. The zero-order valence-corrected chi connectivity index (χ0v) is 64.7. The van der Waals surface area contributed by atoms with Gasteiger partial charge in [0.1, 0.15) is 55.9 Å². The highest BCUT2D eigenvalue weighted by Crippen LogP contribution is 2.24. The number of unbranched alkanes of at least 4 members (excludes halogenated alkanes) is 6. The molecule has 2 aromatic carbocycles. The molecule has 0 saturated carbocycles. The summed E-state index contributed by atoms with van der Waals surface area (Å²) in [6.45, 7) is 7.24. The van der Waals surface area contributed by atoms with Crippen LogP contribution in [0.5, 0.6) is 0 Å². The first-order valence-electron chi connectivity index (χ1n) is 38.6. The summed E-state index contributed by atoms with van der Waals surface area (Å²) in [5.74, 6) is -6.64. The van der Waals surface area contributed by atoms with E-state index in [2.05, 4.69) is 56.2 Å². The molecular weight excluding hydrogens is 1410 g/mol. The lowest BCUT2D eigenvalue weighted by Gasteiger charge is -2.23. The molecule has 0 spiro atoms. The van der Waals surface area contributed by atoms with Gasteiger partial charge in [0.25, 0.3) is 0 Å². The Morgan fingerprint density at radius 3 is 1.20 bits per heavy atom. The van der Waals surface area contributed by atoms with Crippen molar-refractivity contribution in [1.82, 2.24) is 31.9 Å². The first kappa shape index (κ1) is 97.3. The molecule has 614 valence electrons. The number of hydrogen-bond donors (Lipinski definition) is 9. The van der Waals surface area contributed by atoms with Crippen LogP contribution in [0.3, 0.4) is 0 Å². The summed E-state index contributed by atoms with van der Waals surface area (Å²) in [6.07, 6.45) is 11.1. The summed E-state index contributed by atoms with van der Waals surface area (Å²) in [5, 5.41) is 35.0. The number of benzene rings is 2. The van der Waals surface area contributed by atoms with Crippen molar-refractivity contribution < 1.29 is 110 Å². The van der Waals surface area contributed by atoms with E-state index in [-0.39, 0.29) is 241 Å². The number of carboxylic acids is 2. The van der Waals surface area contributed by atoms with Gasteiger partial charge in [-0.2, -0.15) is 0 Å². The Morgan fingerprint density at radius 1 is 0.367 bits per heavy atom. The van der Waals surface area contributed by atoms with Crippen LogP contribution in [0.15, 0.2) is 60.7 Å². The predicted molar refractivity (Wildman–Crippen MR) is 405 cm³/mol. The van der Waals surface area contributed by atoms with E-state index in [4.69, 9.17) is 43.6 Å². The second-order valence-electron chi connectivity index (χ2n) is 27.4. The molecular formula is C79H125N7O23. The minimum Gasteiger partial charge on any atom is -0.480 e. The van der Waals surface area contributed by atoms with Gasteiger partial charge >= 0.3 is 11.9 Å². The molecule has 30 nitrogen and oxygen atoms in total. The SMILES string of the molecule is CC(=O)[C@H](CCCCNC(=O)COCCOCCNC(=O)COCCOCCCC(=O)CC[C@H](NC(=O)CCCCCc1ccccc1)C(=O)O)CC(=O)[C@H](CCCCNC(=O)COCCOCCCC(=O)COCCOCCNC(=O)CC[C@H](NC(=O)CCCCCc1ccccc1)C(=O)O)CC(=O)C(C)(C)N. The lowest BCUT2D eigenvalue weighted by molar-refractivity contribution is -0.142. The number of ketones is 5. The number of nitrogens with one attached hydrogen (secondary N) is 6. The first-order valence-corrected chi connectivity index (χ1v) is 38.6. The summed E-state index contributed by atoms with van der Waals surface area (Å²) >= 11 is 0. The van der Waals surface area contributed by atoms with Gasteiger partial charge in [0.2, 0.25) is 35.4 Å². The Kier molecular flexibility index (Phi) is 56.1. The summed E-state index contributed by atoms with van der Waals surface area (Å²) in [4.78, 5) is 161. The molecule has 2 rings (SSSR count). The molecule has 0 bridgehead atoms. The number of carbonyl (C=O) groups excluding carboxylic acids is 11. The fourth-order valence-corrected chi connectivity index (χ4v) is 11.0. The van der Waals surface area contributed by atoms with E-state index in [1.165, 1.54) is 18.1 Å². The average Bonchev–Trinajstić information content (AvgIpc) is 0.868. The molecule has 6 amide bonds. The van der Waals surface area contributed by atoms with E-state index < -0.39 is 41.4 Å². The zero-order chi connectivity index (χ0) is 80.0. The molecule has 109 heavy (non-hydrogen) atoms. The number of ether oxygens (including phenoxy) is 8. The molecule has 0 aliphatic carbocycles. The third-order valence-electron chi connectivity index (χ3n) is 17.4. The maximum atomic E-state index is 13.7. The van der Waals surface area contributed by atoms with Crippen molar-refractivity contribution in [2.24, 2.45) is 17.6 Å². The fourth-order valence-electron chi connectivity index (χ4n) is 11.0. The zero-order valence-electron chi connectivity index (χ0n) is 64.7. The van der Waals surface area contributed by atoms with Crippen molar-refractivity contribution in [2.75, 3.05) is 132 Å². The van der Waals surface area contributed by atoms with Crippen molar-refractivity contribution >= 4 is 76.3 Å². The summed E-state index contributed by atoms with van der Waals surface area (Å²) in [7, 11) is 0. The molecule has 0 unspecified atom stereocenters. The van der Waals surface area contributed by atoms with E-state index in [9.17, 15) is 72.5 Å². The van der Waals surface area contributed by atoms with Crippen LogP contribution in [0.2, 0.25) is 0 Å². The molecule has 0 aliphatic rings. The highest BCUT2D eigenvalue weighted by Gasteiger charge is 2.31. The minimum absolute atomic E-state index is 0.00617. The highest BCUT2D eigenvalue weighted by atomic mass is 16.5. The van der Waals surface area contributed by atoms with Gasteiger partial charge in [-0.15, -0.1) is 0 Å². The minimum atomic E-state index is -1.20. The van der Waals surface area contributed by atoms with Gasteiger partial charge in [0.15, 0.2) is 11.6 Å². The molecule has 2 aromatic rings. The maximum absolute atomic E-state index is 13.7. The van der Waals surface area contributed by atoms with Crippen LogP contribution in [-0.4, -0.2) is 236 Å².